The molecule has 2 aliphatic rings. The summed E-state index contributed by atoms with van der Waals surface area (Å²) in [6.45, 7) is 9.83. The quantitative estimate of drug-likeness (QED) is 0.355. The van der Waals surface area contributed by atoms with Gasteiger partial charge >= 0.3 is 5.97 Å². The Morgan fingerprint density at radius 2 is 2.16 bits per heavy atom. The smallest absolute Gasteiger partial charge is 0.331 e. The zero-order valence-electron chi connectivity index (χ0n) is 11.4. The van der Waals surface area contributed by atoms with Crippen LogP contribution in [0.25, 0.3) is 0 Å². The number of rotatable bonds is 3. The Hall–Kier alpha value is -1.13. The Balaban J connectivity index is 2.33. The second-order valence-corrected chi connectivity index (χ2v) is 6.21. The van der Waals surface area contributed by atoms with Gasteiger partial charge in [0.05, 0.1) is 0 Å². The van der Waals surface area contributed by atoms with Gasteiger partial charge in [0, 0.05) is 11.0 Å². The monoisotopic (exact) mass is 266 g/mol. The molecule has 2 N–H and O–H groups in total. The van der Waals surface area contributed by atoms with Crippen molar-refractivity contribution in [3.05, 3.63) is 24.3 Å². The summed E-state index contributed by atoms with van der Waals surface area (Å²) in [5.41, 5.74) is 0.113. The van der Waals surface area contributed by atoms with Gasteiger partial charge in [-0.05, 0) is 50.0 Å². The lowest BCUT2D eigenvalue weighted by Gasteiger charge is -2.55. The van der Waals surface area contributed by atoms with Crippen molar-refractivity contribution in [2.45, 2.75) is 51.0 Å². The van der Waals surface area contributed by atoms with Gasteiger partial charge in [-0.2, -0.15) is 0 Å². The zero-order valence-corrected chi connectivity index (χ0v) is 11.4. The Bertz CT molecular complexity index is 428. The molecule has 0 heterocycles. The summed E-state index contributed by atoms with van der Waals surface area (Å²) in [4.78, 5) is 16.0. The molecule has 0 aromatic carbocycles. The molecule has 2 fully saturated rings. The zero-order chi connectivity index (χ0) is 14.3. The van der Waals surface area contributed by atoms with E-state index in [0.29, 0.717) is 6.42 Å². The molecule has 2 aliphatic carbocycles. The summed E-state index contributed by atoms with van der Waals surface area (Å²) in [6, 6.07) is 0. The molecule has 0 aliphatic heterocycles. The summed E-state index contributed by atoms with van der Waals surface area (Å²) in [6.07, 6.45) is 4.90. The van der Waals surface area contributed by atoms with Crippen LogP contribution < -0.4 is 0 Å². The highest BCUT2D eigenvalue weighted by molar-refractivity contribution is 5.86. The first kappa shape index (κ1) is 14.3. The van der Waals surface area contributed by atoms with E-state index in [1.165, 1.54) is 0 Å². The molecule has 4 nitrogen and oxygen atoms in total. The SMILES string of the molecule is C=C(C(=O)O)[C@@H]1CC[C@@]2(C)CCCC(=C)[C@@]2(OO)C1. The third-order valence-corrected chi connectivity index (χ3v) is 5.25. The number of aliphatic carboxylic acids is 1. The maximum Gasteiger partial charge on any atom is 0.331 e. The minimum atomic E-state index is -0.969. The first-order chi connectivity index (χ1) is 8.86. The van der Waals surface area contributed by atoms with E-state index in [-0.39, 0.29) is 16.9 Å². The van der Waals surface area contributed by atoms with Crippen LogP contribution in [0.3, 0.4) is 0 Å². The van der Waals surface area contributed by atoms with Crippen LogP contribution in [0.15, 0.2) is 24.3 Å². The molecule has 3 atom stereocenters. The van der Waals surface area contributed by atoms with Gasteiger partial charge in [0.2, 0.25) is 0 Å². The largest absolute Gasteiger partial charge is 0.478 e. The fourth-order valence-electron chi connectivity index (χ4n) is 3.87. The number of carboxylic acid groups (broad SMARTS) is 1. The Morgan fingerprint density at radius 3 is 2.74 bits per heavy atom. The molecule has 0 amide bonds. The minimum absolute atomic E-state index is 0.160. The van der Waals surface area contributed by atoms with Gasteiger partial charge in [0.1, 0.15) is 5.60 Å². The fraction of sp³-hybridized carbons (Fsp3) is 0.667. The van der Waals surface area contributed by atoms with Crippen molar-refractivity contribution < 1.29 is 20.0 Å². The molecule has 2 rings (SSSR count). The maximum atomic E-state index is 11.1. The van der Waals surface area contributed by atoms with Gasteiger partial charge in [-0.1, -0.05) is 20.1 Å². The highest BCUT2D eigenvalue weighted by Gasteiger charge is 2.57. The Kier molecular flexibility index (Phi) is 3.58. The van der Waals surface area contributed by atoms with Crippen molar-refractivity contribution in [1.29, 1.82) is 0 Å². The van der Waals surface area contributed by atoms with Crippen molar-refractivity contribution in [1.82, 2.24) is 0 Å². The van der Waals surface area contributed by atoms with Crippen LogP contribution in [-0.2, 0) is 9.68 Å². The molecule has 0 unspecified atom stereocenters. The van der Waals surface area contributed by atoms with E-state index >= 15 is 0 Å². The molecule has 0 spiro atoms. The average molecular weight is 266 g/mol. The number of carboxylic acids is 1. The van der Waals surface area contributed by atoms with E-state index < -0.39 is 11.6 Å². The molecule has 0 radical (unpaired) electrons. The van der Waals surface area contributed by atoms with Gasteiger partial charge in [0.25, 0.3) is 0 Å². The lowest BCUT2D eigenvalue weighted by Crippen LogP contribution is -2.56. The first-order valence-electron chi connectivity index (χ1n) is 6.79. The molecule has 19 heavy (non-hydrogen) atoms. The predicted octanol–water partition coefficient (Wildman–Crippen LogP) is 3.40. The highest BCUT2D eigenvalue weighted by Crippen LogP contribution is 2.58. The molecule has 2 saturated carbocycles. The van der Waals surface area contributed by atoms with E-state index in [9.17, 15) is 10.1 Å². The van der Waals surface area contributed by atoms with Crippen molar-refractivity contribution in [3.8, 4) is 0 Å². The number of carbonyl (C=O) groups is 1. The van der Waals surface area contributed by atoms with Crippen LogP contribution in [0.2, 0.25) is 0 Å². The lowest BCUT2D eigenvalue weighted by atomic mass is 9.53. The van der Waals surface area contributed by atoms with E-state index in [0.717, 1.165) is 37.7 Å². The van der Waals surface area contributed by atoms with E-state index in [4.69, 9.17) is 9.99 Å². The molecular formula is C15H22O4. The van der Waals surface area contributed by atoms with E-state index in [1.807, 2.05) is 0 Å². The predicted molar refractivity (Wildman–Crippen MR) is 71.7 cm³/mol. The summed E-state index contributed by atoms with van der Waals surface area (Å²) < 4.78 is 0. The standard InChI is InChI=1S/C15H22O4/c1-10-5-4-7-14(3)8-6-12(11(2)13(16)17)9-15(10,14)19-18/h12,18H,1-2,4-9H2,3H3,(H,16,17)/t12-,14-,15+/m1/s1. The molecule has 0 aromatic heterocycles. The number of hydrogen-bond acceptors (Lipinski definition) is 3. The minimum Gasteiger partial charge on any atom is -0.478 e. The lowest BCUT2D eigenvalue weighted by molar-refractivity contribution is -0.354. The first-order valence-corrected chi connectivity index (χ1v) is 6.79. The Labute approximate surface area is 113 Å². The second-order valence-electron chi connectivity index (χ2n) is 6.21. The second kappa shape index (κ2) is 4.76. The van der Waals surface area contributed by atoms with E-state index in [2.05, 4.69) is 20.1 Å². The van der Waals surface area contributed by atoms with Crippen LogP contribution in [0.4, 0.5) is 0 Å². The summed E-state index contributed by atoms with van der Waals surface area (Å²) >= 11 is 0. The maximum absolute atomic E-state index is 11.1. The Morgan fingerprint density at radius 1 is 1.47 bits per heavy atom. The van der Waals surface area contributed by atoms with Crippen molar-refractivity contribution >= 4 is 5.97 Å². The molecule has 0 saturated heterocycles. The van der Waals surface area contributed by atoms with Crippen LogP contribution >= 0.6 is 0 Å². The van der Waals surface area contributed by atoms with Crippen LogP contribution in [-0.4, -0.2) is 21.9 Å². The fourth-order valence-corrected chi connectivity index (χ4v) is 3.87. The molecule has 0 bridgehead atoms. The van der Waals surface area contributed by atoms with Gasteiger partial charge in [-0.3, -0.25) is 5.26 Å². The summed E-state index contributed by atoms with van der Waals surface area (Å²) in [5.74, 6) is -1.13. The topological polar surface area (TPSA) is 66.8 Å². The van der Waals surface area contributed by atoms with E-state index in [1.54, 1.807) is 0 Å². The average Bonchev–Trinajstić information content (AvgIpc) is 2.37. The normalized spacial score (nSPS) is 38.6. The molecular weight excluding hydrogens is 244 g/mol. The van der Waals surface area contributed by atoms with Crippen LogP contribution in [0.5, 0.6) is 0 Å². The molecule has 106 valence electrons. The third kappa shape index (κ3) is 2.03. The van der Waals surface area contributed by atoms with Gasteiger partial charge in [-0.25, -0.2) is 9.68 Å². The number of fused-ring (bicyclic) bond motifs is 1. The molecule has 0 aromatic rings. The van der Waals surface area contributed by atoms with Gasteiger partial charge in [0.15, 0.2) is 0 Å². The van der Waals surface area contributed by atoms with Crippen molar-refractivity contribution in [2.75, 3.05) is 0 Å². The van der Waals surface area contributed by atoms with Gasteiger partial charge < -0.3 is 5.11 Å². The van der Waals surface area contributed by atoms with Crippen molar-refractivity contribution in [3.63, 3.8) is 0 Å². The number of hydrogen-bond donors (Lipinski definition) is 2. The highest BCUT2D eigenvalue weighted by atomic mass is 17.1. The summed E-state index contributed by atoms with van der Waals surface area (Å²) in [7, 11) is 0. The summed E-state index contributed by atoms with van der Waals surface area (Å²) in [5, 5.41) is 18.6. The van der Waals surface area contributed by atoms with Gasteiger partial charge in [-0.15, -0.1) is 0 Å². The van der Waals surface area contributed by atoms with Crippen LogP contribution in [0, 0.1) is 11.3 Å². The van der Waals surface area contributed by atoms with Crippen LogP contribution in [0.1, 0.15) is 45.4 Å². The van der Waals surface area contributed by atoms with Crippen molar-refractivity contribution in [2.24, 2.45) is 11.3 Å². The third-order valence-electron chi connectivity index (χ3n) is 5.25. The molecule has 4 heteroatoms.